The van der Waals surface area contributed by atoms with Gasteiger partial charge in [-0.3, -0.25) is 4.79 Å². The van der Waals surface area contributed by atoms with E-state index in [1.54, 1.807) is 11.0 Å². The molecular weight excluding hydrogens is 330 g/mol. The van der Waals surface area contributed by atoms with Crippen LogP contribution >= 0.6 is 0 Å². The summed E-state index contributed by atoms with van der Waals surface area (Å²) >= 11 is 0. The number of para-hydroxylation sites is 1. The zero-order valence-corrected chi connectivity index (χ0v) is 14.5. The van der Waals surface area contributed by atoms with E-state index in [9.17, 15) is 4.79 Å². The average Bonchev–Trinajstić information content (AvgIpc) is 3.11. The summed E-state index contributed by atoms with van der Waals surface area (Å²) in [6, 6.07) is 9.73. The van der Waals surface area contributed by atoms with Crippen molar-refractivity contribution in [3.63, 3.8) is 0 Å². The SMILES string of the molecule is CN(C)/C=N/c1c2c(nn1-c1ccccc1)C1(CC1)c1ncnn1C2=O. The molecule has 0 unspecified atom stereocenters. The van der Waals surface area contributed by atoms with Crippen molar-refractivity contribution in [2.75, 3.05) is 14.1 Å². The number of carbonyl (C=O) groups excluding carboxylic acids is 1. The van der Waals surface area contributed by atoms with E-state index in [2.05, 4.69) is 15.1 Å². The Labute approximate surface area is 149 Å². The Morgan fingerprint density at radius 3 is 2.65 bits per heavy atom. The number of aromatic nitrogens is 5. The van der Waals surface area contributed by atoms with Crippen LogP contribution in [0.15, 0.2) is 41.7 Å². The van der Waals surface area contributed by atoms with Crippen LogP contribution in [0, 0.1) is 0 Å². The summed E-state index contributed by atoms with van der Waals surface area (Å²) in [5.41, 5.74) is 1.82. The van der Waals surface area contributed by atoms with Crippen molar-refractivity contribution in [3.05, 3.63) is 53.7 Å². The average molecular weight is 347 g/mol. The van der Waals surface area contributed by atoms with E-state index in [1.807, 2.05) is 49.3 Å². The molecule has 3 heterocycles. The van der Waals surface area contributed by atoms with Crippen molar-refractivity contribution >= 4 is 18.1 Å². The summed E-state index contributed by atoms with van der Waals surface area (Å²) < 4.78 is 3.15. The molecule has 0 radical (unpaired) electrons. The molecule has 0 amide bonds. The minimum Gasteiger partial charge on any atom is -0.369 e. The molecule has 1 spiro atoms. The smallest absolute Gasteiger partial charge is 0.285 e. The predicted molar refractivity (Wildman–Crippen MR) is 95.2 cm³/mol. The molecule has 1 aliphatic carbocycles. The second-order valence-electron chi connectivity index (χ2n) is 6.89. The van der Waals surface area contributed by atoms with Crippen LogP contribution in [0.2, 0.25) is 0 Å². The molecule has 0 N–H and O–H groups in total. The number of nitrogens with zero attached hydrogens (tertiary/aromatic N) is 7. The minimum absolute atomic E-state index is 0.224. The van der Waals surface area contributed by atoms with Gasteiger partial charge in [0.25, 0.3) is 5.91 Å². The van der Waals surface area contributed by atoms with Crippen molar-refractivity contribution in [2.45, 2.75) is 18.3 Å². The topological polar surface area (TPSA) is 81.2 Å². The van der Waals surface area contributed by atoms with Crippen LogP contribution in [-0.2, 0) is 5.41 Å². The molecule has 130 valence electrons. The quantitative estimate of drug-likeness (QED) is 0.533. The van der Waals surface area contributed by atoms with E-state index in [4.69, 9.17) is 5.10 Å². The molecule has 2 aromatic heterocycles. The summed E-state index contributed by atoms with van der Waals surface area (Å²) in [5, 5.41) is 8.97. The van der Waals surface area contributed by atoms with Crippen molar-refractivity contribution in [1.82, 2.24) is 29.4 Å². The summed E-state index contributed by atoms with van der Waals surface area (Å²) in [6.07, 6.45) is 4.94. The van der Waals surface area contributed by atoms with Crippen molar-refractivity contribution < 1.29 is 4.79 Å². The standard InChI is InChI=1S/C18H17N7O/c1-23(2)11-20-15-13-14(22-24(15)12-6-4-3-5-7-12)18(8-9-18)17-19-10-21-25(17)16(13)26/h3-7,10-11H,8-9H2,1-2H3/b20-11+. The molecule has 5 rings (SSSR count). The third kappa shape index (κ3) is 1.92. The molecule has 1 aromatic carbocycles. The van der Waals surface area contributed by atoms with Gasteiger partial charge >= 0.3 is 0 Å². The first kappa shape index (κ1) is 15.0. The highest BCUT2D eigenvalue weighted by molar-refractivity contribution is 6.03. The Bertz CT molecular complexity index is 1040. The molecule has 0 saturated heterocycles. The van der Waals surface area contributed by atoms with Gasteiger partial charge < -0.3 is 4.90 Å². The number of fused-ring (bicyclic) bond motifs is 4. The fourth-order valence-electron chi connectivity index (χ4n) is 3.49. The van der Waals surface area contributed by atoms with Gasteiger partial charge in [-0.2, -0.15) is 14.9 Å². The van der Waals surface area contributed by atoms with Crippen molar-refractivity contribution in [1.29, 1.82) is 0 Å². The number of hydrogen-bond acceptors (Lipinski definition) is 5. The highest BCUT2D eigenvalue weighted by Crippen LogP contribution is 2.56. The molecular formula is C18H17N7O. The number of hydrogen-bond donors (Lipinski definition) is 0. The lowest BCUT2D eigenvalue weighted by Crippen LogP contribution is -2.31. The van der Waals surface area contributed by atoms with Crippen molar-refractivity contribution in [3.8, 4) is 5.69 Å². The Kier molecular flexibility index (Phi) is 2.95. The Morgan fingerprint density at radius 1 is 1.19 bits per heavy atom. The normalized spacial score (nSPS) is 16.8. The summed E-state index contributed by atoms with van der Waals surface area (Å²) in [7, 11) is 3.78. The van der Waals surface area contributed by atoms with Crippen LogP contribution in [-0.4, -0.2) is 55.8 Å². The fourth-order valence-corrected chi connectivity index (χ4v) is 3.49. The lowest BCUT2D eigenvalue weighted by Gasteiger charge is -2.19. The van der Waals surface area contributed by atoms with Gasteiger partial charge in [0.15, 0.2) is 5.82 Å². The van der Waals surface area contributed by atoms with Crippen LogP contribution in [0.25, 0.3) is 5.69 Å². The third-order valence-corrected chi connectivity index (χ3v) is 4.86. The van der Waals surface area contributed by atoms with Crippen molar-refractivity contribution in [2.24, 2.45) is 4.99 Å². The van der Waals surface area contributed by atoms with Gasteiger partial charge in [0.1, 0.15) is 17.7 Å². The maximum Gasteiger partial charge on any atom is 0.285 e. The Hall–Kier alpha value is -3.29. The maximum atomic E-state index is 13.1. The molecule has 1 fully saturated rings. The molecule has 8 nitrogen and oxygen atoms in total. The van der Waals surface area contributed by atoms with Gasteiger partial charge in [0, 0.05) is 14.1 Å². The number of benzene rings is 1. The van der Waals surface area contributed by atoms with Crippen LogP contribution in [0.3, 0.4) is 0 Å². The molecule has 0 bridgehead atoms. The fraction of sp³-hybridized carbons (Fsp3) is 0.278. The molecule has 0 atom stereocenters. The first-order valence-electron chi connectivity index (χ1n) is 8.46. The minimum atomic E-state index is -0.317. The van der Waals surface area contributed by atoms with Gasteiger partial charge in [-0.1, -0.05) is 18.2 Å². The molecule has 3 aromatic rings. The summed E-state index contributed by atoms with van der Waals surface area (Å²) in [4.78, 5) is 23.9. The highest BCUT2D eigenvalue weighted by Gasteiger charge is 2.58. The van der Waals surface area contributed by atoms with E-state index in [0.717, 1.165) is 24.2 Å². The first-order chi connectivity index (χ1) is 12.6. The van der Waals surface area contributed by atoms with Gasteiger partial charge in [-0.05, 0) is 25.0 Å². The lowest BCUT2D eigenvalue weighted by molar-refractivity contribution is 0.0931. The molecule has 1 saturated carbocycles. The third-order valence-electron chi connectivity index (χ3n) is 4.86. The van der Waals surface area contributed by atoms with Gasteiger partial charge in [0.05, 0.1) is 23.1 Å². The number of rotatable bonds is 3. The number of carbonyl (C=O) groups is 1. The van der Waals surface area contributed by atoms with E-state index >= 15 is 0 Å². The molecule has 8 heteroatoms. The van der Waals surface area contributed by atoms with Crippen LogP contribution in [0.1, 0.15) is 34.7 Å². The monoisotopic (exact) mass is 347 g/mol. The summed E-state index contributed by atoms with van der Waals surface area (Å²) in [5.74, 6) is 0.992. The van der Waals surface area contributed by atoms with Crippen LogP contribution in [0.4, 0.5) is 5.82 Å². The molecule has 2 aliphatic rings. The molecule has 1 aliphatic heterocycles. The van der Waals surface area contributed by atoms with E-state index in [1.165, 1.54) is 11.0 Å². The largest absolute Gasteiger partial charge is 0.369 e. The van der Waals surface area contributed by atoms with Crippen LogP contribution in [0.5, 0.6) is 0 Å². The summed E-state index contributed by atoms with van der Waals surface area (Å²) in [6.45, 7) is 0. The molecule has 26 heavy (non-hydrogen) atoms. The zero-order chi connectivity index (χ0) is 17.9. The maximum absolute atomic E-state index is 13.1. The van der Waals surface area contributed by atoms with Crippen LogP contribution < -0.4 is 0 Å². The highest BCUT2D eigenvalue weighted by atomic mass is 16.2. The van der Waals surface area contributed by atoms with Gasteiger partial charge in [-0.25, -0.2) is 14.7 Å². The van der Waals surface area contributed by atoms with E-state index < -0.39 is 0 Å². The number of aliphatic imine (C=N–C) groups is 1. The second kappa shape index (κ2) is 5.10. The van der Waals surface area contributed by atoms with E-state index in [-0.39, 0.29) is 11.3 Å². The van der Waals surface area contributed by atoms with Gasteiger partial charge in [-0.15, -0.1) is 0 Å². The Morgan fingerprint density at radius 2 is 1.96 bits per heavy atom. The Balaban J connectivity index is 1.79. The predicted octanol–water partition coefficient (Wildman–Crippen LogP) is 1.77. The van der Waals surface area contributed by atoms with Gasteiger partial charge in [0.2, 0.25) is 0 Å². The zero-order valence-electron chi connectivity index (χ0n) is 14.5. The van der Waals surface area contributed by atoms with E-state index in [0.29, 0.717) is 17.2 Å². The lowest BCUT2D eigenvalue weighted by atomic mass is 9.93. The second-order valence-corrected chi connectivity index (χ2v) is 6.89. The first-order valence-corrected chi connectivity index (χ1v) is 8.46.